The molecular weight excluding hydrogens is 354 g/mol. The topological polar surface area (TPSA) is 88.9 Å². The molecule has 0 aromatic carbocycles. The molecule has 142 valence electrons. The largest absolute Gasteiger partial charge is 0.352 e. The molecule has 1 spiro atoms. The monoisotopic (exact) mass is 379 g/mol. The maximum Gasteiger partial charge on any atom is 0.273 e. The lowest BCUT2D eigenvalue weighted by molar-refractivity contribution is -0.126. The summed E-state index contributed by atoms with van der Waals surface area (Å²) >= 11 is 5.60. The molecule has 8 heteroatoms. The van der Waals surface area contributed by atoms with E-state index in [2.05, 4.69) is 20.9 Å². The third kappa shape index (κ3) is 3.10. The highest BCUT2D eigenvalue weighted by molar-refractivity contribution is 6.27. The van der Waals surface area contributed by atoms with Crippen LogP contribution in [0.4, 0.5) is 0 Å². The van der Waals surface area contributed by atoms with Crippen molar-refractivity contribution in [3.8, 4) is 0 Å². The number of nitrogens with one attached hydrogen (secondary N) is 2. The highest BCUT2D eigenvalue weighted by atomic mass is 35.5. The van der Waals surface area contributed by atoms with E-state index in [0.717, 1.165) is 38.5 Å². The van der Waals surface area contributed by atoms with Crippen molar-refractivity contribution in [1.82, 2.24) is 25.6 Å². The minimum Gasteiger partial charge on any atom is -0.352 e. The molecule has 1 heterocycles. The molecule has 2 unspecified atom stereocenters. The summed E-state index contributed by atoms with van der Waals surface area (Å²) < 4.78 is 1.86. The highest BCUT2D eigenvalue weighted by Gasteiger charge is 2.59. The number of halogens is 1. The van der Waals surface area contributed by atoms with E-state index in [9.17, 15) is 9.59 Å². The first kappa shape index (κ1) is 17.8. The second-order valence-electron chi connectivity index (χ2n) is 7.98. The van der Waals surface area contributed by atoms with Gasteiger partial charge in [0, 0.05) is 17.5 Å². The summed E-state index contributed by atoms with van der Waals surface area (Å²) in [6.45, 7) is 0. The Morgan fingerprint density at radius 2 is 1.88 bits per heavy atom. The lowest BCUT2D eigenvalue weighted by Gasteiger charge is -2.61. The van der Waals surface area contributed by atoms with Gasteiger partial charge in [-0.1, -0.05) is 30.9 Å². The van der Waals surface area contributed by atoms with Gasteiger partial charge >= 0.3 is 0 Å². The number of rotatable bonds is 5. The van der Waals surface area contributed by atoms with Crippen molar-refractivity contribution in [3.63, 3.8) is 0 Å². The van der Waals surface area contributed by atoms with E-state index >= 15 is 0 Å². The first-order valence-electron chi connectivity index (χ1n) is 9.70. The molecule has 3 aliphatic carbocycles. The van der Waals surface area contributed by atoms with Gasteiger partial charge in [0.25, 0.3) is 5.91 Å². The average Bonchev–Trinajstić information content (AvgIpc) is 3.10. The smallest absolute Gasteiger partial charge is 0.273 e. The minimum absolute atomic E-state index is 0.00323. The summed E-state index contributed by atoms with van der Waals surface area (Å²) in [4.78, 5) is 24.2. The average molecular weight is 380 g/mol. The van der Waals surface area contributed by atoms with E-state index in [1.807, 2.05) is 4.68 Å². The molecule has 2 amide bonds. The summed E-state index contributed by atoms with van der Waals surface area (Å²) in [6.07, 6.45) is 11.7. The Kier molecular flexibility index (Phi) is 4.90. The molecule has 7 nitrogen and oxygen atoms in total. The number of amides is 2. The van der Waals surface area contributed by atoms with Gasteiger partial charge in [0.05, 0.1) is 12.2 Å². The van der Waals surface area contributed by atoms with E-state index in [-0.39, 0.29) is 35.2 Å². The van der Waals surface area contributed by atoms with Gasteiger partial charge < -0.3 is 10.6 Å². The minimum atomic E-state index is -0.162. The zero-order valence-corrected chi connectivity index (χ0v) is 15.7. The lowest BCUT2D eigenvalue weighted by Crippen LogP contribution is -2.71. The molecule has 1 aromatic rings. The van der Waals surface area contributed by atoms with Crippen LogP contribution in [-0.4, -0.2) is 44.8 Å². The number of carbonyl (C=O) groups is 2. The molecule has 3 fully saturated rings. The molecule has 3 aliphatic rings. The number of alkyl halides is 1. The van der Waals surface area contributed by atoms with Gasteiger partial charge in [-0.15, -0.1) is 16.7 Å². The van der Waals surface area contributed by atoms with Crippen LogP contribution in [0, 0.1) is 5.41 Å². The Bertz CT molecular complexity index is 681. The molecule has 3 saturated carbocycles. The van der Waals surface area contributed by atoms with Crippen LogP contribution in [0.3, 0.4) is 0 Å². The molecule has 1 aromatic heterocycles. The van der Waals surface area contributed by atoms with Crippen LogP contribution in [0.5, 0.6) is 0 Å². The Morgan fingerprint density at radius 1 is 1.15 bits per heavy atom. The molecule has 4 rings (SSSR count). The molecular formula is C18H26ClN5O2. The molecule has 0 bridgehead atoms. The van der Waals surface area contributed by atoms with E-state index in [1.165, 1.54) is 19.3 Å². The van der Waals surface area contributed by atoms with E-state index in [0.29, 0.717) is 11.7 Å². The fourth-order valence-corrected chi connectivity index (χ4v) is 4.92. The predicted molar refractivity (Wildman–Crippen MR) is 96.9 cm³/mol. The van der Waals surface area contributed by atoms with E-state index in [4.69, 9.17) is 11.6 Å². The van der Waals surface area contributed by atoms with Crippen molar-refractivity contribution in [1.29, 1.82) is 0 Å². The third-order valence-corrected chi connectivity index (χ3v) is 6.84. The fraction of sp³-hybridized carbons (Fsp3) is 0.778. The Hall–Kier alpha value is -1.63. The van der Waals surface area contributed by atoms with Crippen LogP contribution in [0.25, 0.3) is 0 Å². The Labute approximate surface area is 158 Å². The fourth-order valence-electron chi connectivity index (χ4n) is 4.84. The van der Waals surface area contributed by atoms with Gasteiger partial charge in [-0.2, -0.15) is 0 Å². The first-order valence-corrected chi connectivity index (χ1v) is 10.2. The van der Waals surface area contributed by atoms with E-state index < -0.39 is 0 Å². The summed E-state index contributed by atoms with van der Waals surface area (Å²) in [7, 11) is 0. The number of aromatic nitrogens is 3. The summed E-state index contributed by atoms with van der Waals surface area (Å²) in [5.41, 5.74) is 0.384. The van der Waals surface area contributed by atoms with Crippen LogP contribution < -0.4 is 10.6 Å². The van der Waals surface area contributed by atoms with Gasteiger partial charge in [-0.25, -0.2) is 4.68 Å². The van der Waals surface area contributed by atoms with Crippen LogP contribution in [0.15, 0.2) is 6.20 Å². The normalized spacial score (nSPS) is 27.4. The van der Waals surface area contributed by atoms with Gasteiger partial charge in [-0.05, 0) is 32.1 Å². The molecule has 2 N–H and O–H groups in total. The predicted octanol–water partition coefficient (Wildman–Crippen LogP) is 2.18. The standard InChI is InChI=1S/C18H26ClN5O2/c19-10-16(25)20-14-9-15(18(14)7-4-8-18)21-17(26)13-11-24(23-22-13)12-5-2-1-3-6-12/h11-12,14-15H,1-10H2,(H,20,25)(H,21,26). The van der Waals surface area contributed by atoms with Crippen molar-refractivity contribution >= 4 is 23.4 Å². The molecule has 26 heavy (non-hydrogen) atoms. The first-order chi connectivity index (χ1) is 12.6. The zero-order chi connectivity index (χ0) is 18.1. The van der Waals surface area contributed by atoms with Crippen molar-refractivity contribution in [3.05, 3.63) is 11.9 Å². The molecule has 0 saturated heterocycles. The third-order valence-electron chi connectivity index (χ3n) is 6.60. The number of nitrogens with zero attached hydrogens (tertiary/aromatic N) is 3. The number of hydrogen-bond donors (Lipinski definition) is 2. The van der Waals surface area contributed by atoms with Crippen LogP contribution in [0.1, 0.15) is 74.3 Å². The molecule has 2 atom stereocenters. The highest BCUT2D eigenvalue weighted by Crippen LogP contribution is 2.56. The lowest BCUT2D eigenvalue weighted by atomic mass is 9.50. The maximum atomic E-state index is 12.6. The molecule has 0 radical (unpaired) electrons. The van der Waals surface area contributed by atoms with Crippen molar-refractivity contribution in [2.75, 3.05) is 5.88 Å². The van der Waals surface area contributed by atoms with Crippen LogP contribution in [-0.2, 0) is 4.79 Å². The van der Waals surface area contributed by atoms with Crippen molar-refractivity contribution in [2.24, 2.45) is 5.41 Å². The van der Waals surface area contributed by atoms with Crippen molar-refractivity contribution in [2.45, 2.75) is 75.9 Å². The van der Waals surface area contributed by atoms with Gasteiger partial charge in [0.1, 0.15) is 5.88 Å². The summed E-state index contributed by atoms with van der Waals surface area (Å²) in [5.74, 6) is -0.318. The molecule has 0 aliphatic heterocycles. The quantitative estimate of drug-likeness (QED) is 0.767. The maximum absolute atomic E-state index is 12.6. The second-order valence-corrected chi connectivity index (χ2v) is 8.25. The van der Waals surface area contributed by atoms with Crippen molar-refractivity contribution < 1.29 is 9.59 Å². The van der Waals surface area contributed by atoms with Crippen LogP contribution in [0.2, 0.25) is 0 Å². The second kappa shape index (κ2) is 7.18. The van der Waals surface area contributed by atoms with Gasteiger partial charge in [0.2, 0.25) is 5.91 Å². The number of carbonyl (C=O) groups excluding carboxylic acids is 2. The summed E-state index contributed by atoms with van der Waals surface area (Å²) in [6, 6.07) is 0.574. The zero-order valence-electron chi connectivity index (χ0n) is 14.9. The SMILES string of the molecule is O=C(CCl)NC1CC(NC(=O)c2cn(C3CCCCC3)nn2)C12CCC2. The Balaban J connectivity index is 1.36. The van der Waals surface area contributed by atoms with Gasteiger partial charge in [0.15, 0.2) is 5.69 Å². The van der Waals surface area contributed by atoms with E-state index in [1.54, 1.807) is 6.20 Å². The summed E-state index contributed by atoms with van der Waals surface area (Å²) in [5, 5.41) is 14.4. The van der Waals surface area contributed by atoms with Crippen LogP contribution >= 0.6 is 11.6 Å². The number of hydrogen-bond acceptors (Lipinski definition) is 4. The van der Waals surface area contributed by atoms with Gasteiger partial charge in [-0.3, -0.25) is 9.59 Å². The Morgan fingerprint density at radius 3 is 2.54 bits per heavy atom.